The molecule has 1 fully saturated rings. The summed E-state index contributed by atoms with van der Waals surface area (Å²) in [6.45, 7) is 44.4. The molecule has 2 heterocycles. The van der Waals surface area contributed by atoms with Crippen LogP contribution in [0.1, 0.15) is 94.8 Å². The summed E-state index contributed by atoms with van der Waals surface area (Å²) in [5, 5.41) is -0.196. The Kier molecular flexibility index (Phi) is 12.5. The van der Waals surface area contributed by atoms with Crippen LogP contribution in [0.5, 0.6) is 0 Å². The number of hydrogen-bond acceptors (Lipinski definition) is 7. The van der Waals surface area contributed by atoms with Crippen LogP contribution in [0.3, 0.4) is 0 Å². The number of nitrogens with zero attached hydrogens (tertiary/aromatic N) is 1. The Balaban J connectivity index is 2.76. The molecule has 47 heavy (non-hydrogen) atoms. The van der Waals surface area contributed by atoms with Crippen molar-refractivity contribution in [2.45, 2.75) is 187 Å². The van der Waals surface area contributed by atoms with Crippen molar-refractivity contribution in [3.05, 3.63) is 32.6 Å². The first-order chi connectivity index (χ1) is 20.7. The highest BCUT2D eigenvalue weighted by atomic mass is 28.4. The van der Waals surface area contributed by atoms with E-state index in [1.165, 1.54) is 4.57 Å². The molecule has 1 aromatic rings. The van der Waals surface area contributed by atoms with Gasteiger partial charge in [0, 0.05) is 6.20 Å². The van der Waals surface area contributed by atoms with Gasteiger partial charge in [-0.15, -0.1) is 0 Å². The Morgan fingerprint density at radius 1 is 0.660 bits per heavy atom. The van der Waals surface area contributed by atoms with E-state index in [4.69, 9.17) is 22.4 Å². The maximum Gasteiger partial charge on any atom is 0.330 e. The smallest absolute Gasteiger partial charge is 0.330 e. The van der Waals surface area contributed by atoms with E-state index in [-0.39, 0.29) is 26.9 Å². The van der Waals surface area contributed by atoms with Crippen LogP contribution in [-0.4, -0.2) is 67.7 Å². The minimum atomic E-state index is -2.41. The molecule has 2 unspecified atom stereocenters. The summed E-state index contributed by atoms with van der Waals surface area (Å²) in [6.07, 6.45) is -0.673. The van der Waals surface area contributed by atoms with Crippen molar-refractivity contribution in [1.29, 1.82) is 0 Å². The molecule has 0 radical (unpaired) electrons. The monoisotopic (exact) mass is 730 g/mol. The maximum absolute atomic E-state index is 13.7. The molecule has 1 aliphatic heterocycles. The molecular formula is C34H70N2O7Si4. The third-order valence-corrected chi connectivity index (χ3v) is 29.8. The van der Waals surface area contributed by atoms with Crippen LogP contribution in [-0.2, 0) is 29.2 Å². The van der Waals surface area contributed by atoms with E-state index < -0.39 is 68.9 Å². The molecule has 13 heteroatoms. The lowest BCUT2D eigenvalue weighted by Crippen LogP contribution is -2.54. The fraction of sp³-hybridized carbons (Fsp3) is 0.882. The molecule has 0 bridgehead atoms. The molecule has 0 aliphatic carbocycles. The number of nitrogens with one attached hydrogen (secondary N) is 1. The minimum Gasteiger partial charge on any atom is -0.414 e. The second kappa shape index (κ2) is 13.8. The summed E-state index contributed by atoms with van der Waals surface area (Å²) >= 11 is 0. The van der Waals surface area contributed by atoms with Gasteiger partial charge in [0.25, 0.3) is 5.56 Å². The van der Waals surface area contributed by atoms with Gasteiger partial charge in [-0.1, -0.05) is 83.1 Å². The number of H-pyrrole nitrogens is 1. The Labute approximate surface area is 290 Å². The van der Waals surface area contributed by atoms with Gasteiger partial charge < -0.3 is 22.4 Å². The van der Waals surface area contributed by atoms with E-state index >= 15 is 0 Å². The fourth-order valence-electron chi connectivity index (χ4n) is 4.20. The van der Waals surface area contributed by atoms with Gasteiger partial charge in [-0.3, -0.25) is 14.3 Å². The van der Waals surface area contributed by atoms with Crippen molar-refractivity contribution in [3.63, 3.8) is 0 Å². The molecule has 0 aromatic carbocycles. The third-order valence-electron chi connectivity index (χ3n) is 11.9. The van der Waals surface area contributed by atoms with E-state index in [2.05, 4.69) is 140 Å². The lowest BCUT2D eigenvalue weighted by molar-refractivity contribution is -0.0180. The fourth-order valence-corrected chi connectivity index (χ4v) is 8.72. The van der Waals surface area contributed by atoms with Crippen molar-refractivity contribution < 1.29 is 22.4 Å². The van der Waals surface area contributed by atoms with Gasteiger partial charge in [-0.05, 0) is 72.5 Å². The van der Waals surface area contributed by atoms with Gasteiger partial charge in [0.1, 0.15) is 31.1 Å². The molecule has 9 nitrogen and oxygen atoms in total. The quantitative estimate of drug-likeness (QED) is 0.227. The summed E-state index contributed by atoms with van der Waals surface area (Å²) in [4.78, 5) is 29.3. The summed E-state index contributed by atoms with van der Waals surface area (Å²) in [5.41, 5.74) is -0.653. The number of rotatable bonds is 11. The molecule has 0 amide bonds. The molecule has 0 saturated carbocycles. The number of aromatic nitrogens is 2. The van der Waals surface area contributed by atoms with Crippen LogP contribution in [0.25, 0.3) is 0 Å². The number of hydrogen-bond donors (Lipinski definition) is 1. The van der Waals surface area contributed by atoms with Gasteiger partial charge in [0.2, 0.25) is 0 Å². The molecule has 0 spiro atoms. The first-order valence-corrected chi connectivity index (χ1v) is 28.9. The maximum atomic E-state index is 13.7. The zero-order chi connectivity index (χ0) is 37.0. The summed E-state index contributed by atoms with van der Waals surface area (Å²) in [7, 11) is -9.09. The third kappa shape index (κ3) is 9.78. The number of aromatic amines is 1. The molecule has 1 N–H and O–H groups in total. The zero-order valence-electron chi connectivity index (χ0n) is 33.6. The largest absolute Gasteiger partial charge is 0.414 e. The average molecular weight is 731 g/mol. The van der Waals surface area contributed by atoms with Crippen molar-refractivity contribution in [2.75, 3.05) is 6.61 Å². The first kappa shape index (κ1) is 42.5. The van der Waals surface area contributed by atoms with E-state index in [1.54, 1.807) is 6.20 Å². The topological polar surface area (TPSA) is 101 Å². The highest BCUT2D eigenvalue weighted by molar-refractivity contribution is 6.75. The van der Waals surface area contributed by atoms with Crippen molar-refractivity contribution in [1.82, 2.24) is 9.55 Å². The van der Waals surface area contributed by atoms with E-state index in [1.807, 2.05) is 0 Å². The van der Waals surface area contributed by atoms with Gasteiger partial charge >= 0.3 is 5.69 Å². The van der Waals surface area contributed by atoms with E-state index in [0.29, 0.717) is 12.2 Å². The molecule has 1 aliphatic rings. The van der Waals surface area contributed by atoms with Crippen LogP contribution >= 0.6 is 0 Å². The lowest BCUT2D eigenvalue weighted by Gasteiger charge is -2.44. The van der Waals surface area contributed by atoms with Crippen LogP contribution in [0.15, 0.2) is 15.8 Å². The van der Waals surface area contributed by atoms with E-state index in [0.717, 1.165) is 0 Å². The van der Waals surface area contributed by atoms with Crippen LogP contribution in [0.4, 0.5) is 0 Å². The molecule has 1 aromatic heterocycles. The van der Waals surface area contributed by atoms with Crippen molar-refractivity contribution >= 4 is 33.3 Å². The summed E-state index contributed by atoms with van der Waals surface area (Å²) < 4.78 is 36.0. The van der Waals surface area contributed by atoms with E-state index in [9.17, 15) is 9.59 Å². The second-order valence-electron chi connectivity index (χ2n) is 19.7. The molecule has 1 saturated heterocycles. The van der Waals surface area contributed by atoms with Gasteiger partial charge in [-0.2, -0.15) is 0 Å². The second-order valence-corrected chi connectivity index (χ2v) is 38.8. The van der Waals surface area contributed by atoms with Gasteiger partial charge in [0.15, 0.2) is 33.3 Å². The Morgan fingerprint density at radius 3 is 1.49 bits per heavy atom. The van der Waals surface area contributed by atoms with Gasteiger partial charge in [0.05, 0.1) is 12.2 Å². The molecule has 274 valence electrons. The minimum absolute atomic E-state index is 0.00855. The zero-order valence-corrected chi connectivity index (χ0v) is 37.6. The number of ether oxygens (including phenoxy) is 1. The highest BCUT2D eigenvalue weighted by Crippen LogP contribution is 2.47. The molecular weight excluding hydrogens is 661 g/mol. The standard InChI is InChI=1S/C34H70N2O7Si4/c1-31(2,3)44(13,14)39-22-25-27(42-46(17,18)33(7,8)9)28(43-47(19,20)34(10,11)12)26(41-25)24-21-36(30(38)35-29(24)37)23-40-45(15,16)32(4,5)6/h21,25-28H,22-23H2,1-20H3,(H,35,37,38)/t25-,26+,27?,28?/m1/s1. The predicted octanol–water partition coefficient (Wildman–Crippen LogP) is 8.76. The SMILES string of the molecule is CC(C)(C)[Si](C)(C)OC[C@H]1O[C@@H](c2cn(CO[Si](C)(C)C(C)(C)C)c(=O)[nH]c2=O)C(O[Si](C)(C)C(C)(C)C)C1O[Si](C)(C)C(C)(C)C. The summed E-state index contributed by atoms with van der Waals surface area (Å²) in [5.74, 6) is 0. The lowest BCUT2D eigenvalue weighted by atomic mass is 10.0. The van der Waals surface area contributed by atoms with Crippen molar-refractivity contribution in [2.24, 2.45) is 0 Å². The van der Waals surface area contributed by atoms with Crippen LogP contribution < -0.4 is 11.2 Å². The normalized spacial score (nSPS) is 22.6. The molecule has 4 atom stereocenters. The highest BCUT2D eigenvalue weighted by Gasteiger charge is 2.55. The Bertz CT molecular complexity index is 1340. The first-order valence-electron chi connectivity index (χ1n) is 17.3. The van der Waals surface area contributed by atoms with Gasteiger partial charge in [-0.25, -0.2) is 4.79 Å². The molecule has 2 rings (SSSR count). The Hall–Kier alpha value is -0.652. The summed E-state index contributed by atoms with van der Waals surface area (Å²) in [6, 6.07) is 0. The average Bonchev–Trinajstić information content (AvgIpc) is 3.15. The van der Waals surface area contributed by atoms with Crippen LogP contribution in [0, 0.1) is 0 Å². The predicted molar refractivity (Wildman–Crippen MR) is 205 cm³/mol. The van der Waals surface area contributed by atoms with Crippen molar-refractivity contribution in [3.8, 4) is 0 Å². The Morgan fingerprint density at radius 2 is 1.06 bits per heavy atom. The van der Waals surface area contributed by atoms with Crippen LogP contribution in [0.2, 0.25) is 72.5 Å².